The lowest BCUT2D eigenvalue weighted by Gasteiger charge is -2.22. The topological polar surface area (TPSA) is 50.9 Å². The number of aromatic nitrogens is 3. The van der Waals surface area contributed by atoms with Gasteiger partial charge in [0.15, 0.2) is 0 Å². The Bertz CT molecular complexity index is 511. The maximum absolute atomic E-state index is 9.01. The Labute approximate surface area is 101 Å². The average Bonchev–Trinajstić information content (AvgIpc) is 2.76. The van der Waals surface area contributed by atoms with E-state index in [9.17, 15) is 0 Å². The summed E-state index contributed by atoms with van der Waals surface area (Å²) in [5, 5.41) is 16.9. The highest BCUT2D eigenvalue weighted by atomic mass is 16.3. The SMILES string of the molecule is CC(C)(C)c1ccccc1-n1cc(CO)nn1. The van der Waals surface area contributed by atoms with E-state index < -0.39 is 0 Å². The molecule has 1 N–H and O–H groups in total. The molecule has 0 saturated heterocycles. The van der Waals surface area contributed by atoms with E-state index in [4.69, 9.17) is 5.11 Å². The van der Waals surface area contributed by atoms with Crippen molar-refractivity contribution >= 4 is 0 Å². The Kier molecular flexibility index (Phi) is 2.98. The summed E-state index contributed by atoms with van der Waals surface area (Å²) in [5.41, 5.74) is 2.83. The summed E-state index contributed by atoms with van der Waals surface area (Å²) in [5.74, 6) is 0. The van der Waals surface area contributed by atoms with Crippen LogP contribution in [0.15, 0.2) is 30.5 Å². The number of benzene rings is 1. The van der Waals surface area contributed by atoms with Crippen LogP contribution in [0.25, 0.3) is 5.69 Å². The second-order valence-corrected chi connectivity index (χ2v) is 5.08. The van der Waals surface area contributed by atoms with Gasteiger partial charge in [-0.1, -0.05) is 44.2 Å². The molecule has 2 rings (SSSR count). The Balaban J connectivity index is 2.52. The van der Waals surface area contributed by atoms with Crippen molar-refractivity contribution in [1.29, 1.82) is 0 Å². The highest BCUT2D eigenvalue weighted by Gasteiger charge is 2.18. The molecule has 17 heavy (non-hydrogen) atoms. The Morgan fingerprint density at radius 2 is 1.94 bits per heavy atom. The Morgan fingerprint density at radius 1 is 1.24 bits per heavy atom. The van der Waals surface area contributed by atoms with E-state index in [1.165, 1.54) is 5.56 Å². The first-order valence-electron chi connectivity index (χ1n) is 5.64. The van der Waals surface area contributed by atoms with E-state index >= 15 is 0 Å². The zero-order chi connectivity index (χ0) is 12.5. The summed E-state index contributed by atoms with van der Waals surface area (Å²) in [6.07, 6.45) is 1.75. The zero-order valence-corrected chi connectivity index (χ0v) is 10.4. The number of nitrogens with zero attached hydrogens (tertiary/aromatic N) is 3. The lowest BCUT2D eigenvalue weighted by Crippen LogP contribution is -2.15. The van der Waals surface area contributed by atoms with Crippen LogP contribution in [0.3, 0.4) is 0 Å². The third-order valence-electron chi connectivity index (χ3n) is 2.66. The normalized spacial score (nSPS) is 11.8. The second-order valence-electron chi connectivity index (χ2n) is 5.08. The minimum atomic E-state index is -0.0856. The van der Waals surface area contributed by atoms with Crippen LogP contribution in [-0.4, -0.2) is 20.1 Å². The summed E-state index contributed by atoms with van der Waals surface area (Å²) in [7, 11) is 0. The van der Waals surface area contributed by atoms with Gasteiger partial charge in [0.1, 0.15) is 5.69 Å². The van der Waals surface area contributed by atoms with Crippen molar-refractivity contribution in [2.75, 3.05) is 0 Å². The van der Waals surface area contributed by atoms with E-state index in [2.05, 4.69) is 37.1 Å². The molecule has 0 unspecified atom stereocenters. The molecule has 0 fully saturated rings. The monoisotopic (exact) mass is 231 g/mol. The second kappa shape index (κ2) is 4.30. The van der Waals surface area contributed by atoms with Gasteiger partial charge in [-0.15, -0.1) is 5.10 Å². The van der Waals surface area contributed by atoms with Crippen molar-refractivity contribution in [3.05, 3.63) is 41.7 Å². The van der Waals surface area contributed by atoms with E-state index in [-0.39, 0.29) is 12.0 Å². The van der Waals surface area contributed by atoms with Crippen LogP contribution >= 0.6 is 0 Å². The fourth-order valence-corrected chi connectivity index (χ4v) is 1.80. The van der Waals surface area contributed by atoms with Crippen molar-refractivity contribution in [2.24, 2.45) is 0 Å². The maximum Gasteiger partial charge on any atom is 0.109 e. The quantitative estimate of drug-likeness (QED) is 0.860. The van der Waals surface area contributed by atoms with Gasteiger partial charge in [0.05, 0.1) is 18.5 Å². The van der Waals surface area contributed by atoms with Gasteiger partial charge in [-0.05, 0) is 17.0 Å². The molecule has 0 atom stereocenters. The molecule has 0 aliphatic heterocycles. The minimum Gasteiger partial charge on any atom is -0.390 e. The molecule has 1 aromatic heterocycles. The molecular weight excluding hydrogens is 214 g/mol. The summed E-state index contributed by atoms with van der Waals surface area (Å²) in [6.45, 7) is 6.40. The molecular formula is C13H17N3O. The molecule has 0 bridgehead atoms. The van der Waals surface area contributed by atoms with Crippen LogP contribution in [0.5, 0.6) is 0 Å². The highest BCUT2D eigenvalue weighted by Crippen LogP contribution is 2.27. The van der Waals surface area contributed by atoms with Crippen molar-refractivity contribution in [2.45, 2.75) is 32.8 Å². The summed E-state index contributed by atoms with van der Waals surface area (Å²) >= 11 is 0. The molecule has 2 aromatic rings. The number of hydrogen-bond donors (Lipinski definition) is 1. The molecule has 0 spiro atoms. The van der Waals surface area contributed by atoms with Gasteiger partial charge in [0, 0.05) is 0 Å². The first kappa shape index (κ1) is 11.8. The Morgan fingerprint density at radius 3 is 2.53 bits per heavy atom. The molecule has 0 saturated carbocycles. The number of para-hydroxylation sites is 1. The van der Waals surface area contributed by atoms with Crippen LogP contribution < -0.4 is 0 Å². The molecule has 4 nitrogen and oxygen atoms in total. The van der Waals surface area contributed by atoms with Crippen molar-refractivity contribution in [1.82, 2.24) is 15.0 Å². The zero-order valence-electron chi connectivity index (χ0n) is 10.4. The maximum atomic E-state index is 9.01. The number of rotatable bonds is 2. The smallest absolute Gasteiger partial charge is 0.109 e. The van der Waals surface area contributed by atoms with Crippen LogP contribution in [-0.2, 0) is 12.0 Å². The fourth-order valence-electron chi connectivity index (χ4n) is 1.80. The van der Waals surface area contributed by atoms with Gasteiger partial charge in [-0.3, -0.25) is 0 Å². The summed E-state index contributed by atoms with van der Waals surface area (Å²) in [4.78, 5) is 0. The molecule has 0 aliphatic rings. The van der Waals surface area contributed by atoms with Gasteiger partial charge in [0.25, 0.3) is 0 Å². The lowest BCUT2D eigenvalue weighted by atomic mass is 9.86. The minimum absolute atomic E-state index is 0.0436. The van der Waals surface area contributed by atoms with Crippen molar-refractivity contribution in [3.8, 4) is 5.69 Å². The number of aliphatic hydroxyl groups is 1. The number of hydrogen-bond acceptors (Lipinski definition) is 3. The lowest BCUT2D eigenvalue weighted by molar-refractivity contribution is 0.276. The van der Waals surface area contributed by atoms with Gasteiger partial charge < -0.3 is 5.11 Å². The molecule has 1 aromatic carbocycles. The molecule has 0 amide bonds. The third-order valence-corrected chi connectivity index (χ3v) is 2.66. The molecule has 0 aliphatic carbocycles. The van der Waals surface area contributed by atoms with Gasteiger partial charge >= 0.3 is 0 Å². The molecule has 4 heteroatoms. The summed E-state index contributed by atoms with van der Waals surface area (Å²) < 4.78 is 1.71. The van der Waals surface area contributed by atoms with Crippen molar-refractivity contribution in [3.63, 3.8) is 0 Å². The predicted octanol–water partition coefficient (Wildman–Crippen LogP) is 2.06. The fraction of sp³-hybridized carbons (Fsp3) is 0.385. The first-order valence-corrected chi connectivity index (χ1v) is 5.64. The van der Waals surface area contributed by atoms with E-state index in [1.807, 2.05) is 18.2 Å². The van der Waals surface area contributed by atoms with Crippen LogP contribution in [0, 0.1) is 0 Å². The van der Waals surface area contributed by atoms with E-state index in [1.54, 1.807) is 10.9 Å². The van der Waals surface area contributed by atoms with E-state index in [0.29, 0.717) is 5.69 Å². The average molecular weight is 231 g/mol. The van der Waals surface area contributed by atoms with Crippen LogP contribution in [0.1, 0.15) is 32.0 Å². The van der Waals surface area contributed by atoms with E-state index in [0.717, 1.165) is 5.69 Å². The third kappa shape index (κ3) is 2.36. The largest absolute Gasteiger partial charge is 0.390 e. The van der Waals surface area contributed by atoms with Gasteiger partial charge in [0.2, 0.25) is 0 Å². The van der Waals surface area contributed by atoms with Gasteiger partial charge in [-0.25, -0.2) is 4.68 Å². The van der Waals surface area contributed by atoms with Crippen LogP contribution in [0.2, 0.25) is 0 Å². The van der Waals surface area contributed by atoms with Gasteiger partial charge in [-0.2, -0.15) is 0 Å². The highest BCUT2D eigenvalue weighted by molar-refractivity contribution is 5.44. The first-order chi connectivity index (χ1) is 8.02. The summed E-state index contributed by atoms with van der Waals surface area (Å²) in [6, 6.07) is 8.10. The number of aliphatic hydroxyl groups excluding tert-OH is 1. The molecule has 90 valence electrons. The standard InChI is InChI=1S/C13H17N3O/c1-13(2,3)11-6-4-5-7-12(11)16-8-10(9-17)14-15-16/h4-8,17H,9H2,1-3H3. The molecule has 1 heterocycles. The molecule has 0 radical (unpaired) electrons. The van der Waals surface area contributed by atoms with Crippen molar-refractivity contribution < 1.29 is 5.11 Å². The predicted molar refractivity (Wildman–Crippen MR) is 66.0 cm³/mol. The van der Waals surface area contributed by atoms with Crippen LogP contribution in [0.4, 0.5) is 0 Å². The Hall–Kier alpha value is -1.68.